The van der Waals surface area contributed by atoms with Gasteiger partial charge in [-0.25, -0.2) is 4.98 Å². The number of nitrogens with one attached hydrogen (secondary N) is 1. The number of aromatic nitrogens is 1. The van der Waals surface area contributed by atoms with Crippen LogP contribution < -0.4 is 5.32 Å². The van der Waals surface area contributed by atoms with E-state index >= 15 is 0 Å². The third-order valence-electron chi connectivity index (χ3n) is 3.41. The molecule has 1 amide bonds. The van der Waals surface area contributed by atoms with Crippen LogP contribution in [-0.4, -0.2) is 15.8 Å². The molecule has 0 radical (unpaired) electrons. The van der Waals surface area contributed by atoms with Crippen LogP contribution >= 0.6 is 27.3 Å². The number of nitro benzene ring substituents is 1. The molecule has 0 unspecified atom stereocenters. The van der Waals surface area contributed by atoms with Crippen LogP contribution in [0.1, 0.15) is 5.56 Å². The molecule has 0 atom stereocenters. The molecule has 0 aliphatic heterocycles. The first-order valence-electron chi connectivity index (χ1n) is 7.46. The first kappa shape index (κ1) is 18.0. The number of benzene rings is 2. The van der Waals surface area contributed by atoms with Gasteiger partial charge in [-0.05, 0) is 35.9 Å². The first-order chi connectivity index (χ1) is 12.5. The van der Waals surface area contributed by atoms with Crippen molar-refractivity contribution >= 4 is 50.1 Å². The number of amides is 1. The van der Waals surface area contributed by atoms with Crippen molar-refractivity contribution in [2.24, 2.45) is 0 Å². The minimum Gasteiger partial charge on any atom is -0.298 e. The molecule has 2 aromatic carbocycles. The number of carbonyl (C=O) groups is 1. The lowest BCUT2D eigenvalue weighted by molar-refractivity contribution is -0.384. The number of rotatable bonds is 5. The van der Waals surface area contributed by atoms with E-state index in [0.29, 0.717) is 10.8 Å². The Bertz CT molecular complexity index is 966. The SMILES string of the molecule is O=C(C=Cc1ccc(Br)cc1)Nc1nc(-c2ccc([N+](=O)[O-])cc2)cs1. The number of hydrogen-bond acceptors (Lipinski definition) is 5. The second-order valence-corrected chi connectivity index (χ2v) is 6.99. The predicted molar refractivity (Wildman–Crippen MR) is 106 cm³/mol. The summed E-state index contributed by atoms with van der Waals surface area (Å²) in [4.78, 5) is 26.6. The van der Waals surface area contributed by atoms with Crippen molar-refractivity contribution in [2.45, 2.75) is 0 Å². The van der Waals surface area contributed by atoms with Gasteiger partial charge in [-0.1, -0.05) is 28.1 Å². The smallest absolute Gasteiger partial charge is 0.269 e. The van der Waals surface area contributed by atoms with Gasteiger partial charge in [0.15, 0.2) is 5.13 Å². The Labute approximate surface area is 161 Å². The first-order valence-corrected chi connectivity index (χ1v) is 9.13. The summed E-state index contributed by atoms with van der Waals surface area (Å²) in [5.41, 5.74) is 2.33. The number of hydrogen-bond donors (Lipinski definition) is 1. The molecule has 130 valence electrons. The molecule has 3 aromatic rings. The van der Waals surface area contributed by atoms with Crippen LogP contribution in [0.25, 0.3) is 17.3 Å². The fourth-order valence-electron chi connectivity index (χ4n) is 2.11. The Morgan fingerprint density at radius 1 is 1.15 bits per heavy atom. The average Bonchev–Trinajstić information content (AvgIpc) is 3.10. The van der Waals surface area contributed by atoms with Crippen LogP contribution in [-0.2, 0) is 4.79 Å². The van der Waals surface area contributed by atoms with Crippen LogP contribution in [0.15, 0.2) is 64.5 Å². The van der Waals surface area contributed by atoms with E-state index in [1.165, 1.54) is 29.5 Å². The van der Waals surface area contributed by atoms with Crippen molar-refractivity contribution in [1.29, 1.82) is 0 Å². The summed E-state index contributed by atoms with van der Waals surface area (Å²) in [5.74, 6) is -0.280. The van der Waals surface area contributed by atoms with Gasteiger partial charge in [0.05, 0.1) is 10.6 Å². The Balaban J connectivity index is 1.65. The summed E-state index contributed by atoms with van der Waals surface area (Å²) >= 11 is 4.65. The number of halogens is 1. The van der Waals surface area contributed by atoms with Gasteiger partial charge in [0.25, 0.3) is 5.69 Å². The predicted octanol–water partition coefficient (Wildman–Crippen LogP) is 5.13. The monoisotopic (exact) mass is 429 g/mol. The highest BCUT2D eigenvalue weighted by Crippen LogP contribution is 2.26. The molecule has 1 aromatic heterocycles. The van der Waals surface area contributed by atoms with Crippen molar-refractivity contribution in [2.75, 3.05) is 5.32 Å². The quantitative estimate of drug-likeness (QED) is 0.345. The highest BCUT2D eigenvalue weighted by molar-refractivity contribution is 9.10. The van der Waals surface area contributed by atoms with Crippen LogP contribution in [0, 0.1) is 10.1 Å². The molecular weight excluding hydrogens is 418 g/mol. The van der Waals surface area contributed by atoms with Gasteiger partial charge >= 0.3 is 0 Å². The number of carbonyl (C=O) groups excluding carboxylic acids is 1. The molecule has 0 bridgehead atoms. The number of thiazole rings is 1. The van der Waals surface area contributed by atoms with Crippen LogP contribution in [0.2, 0.25) is 0 Å². The minimum atomic E-state index is -0.450. The Hall–Kier alpha value is -2.84. The van der Waals surface area contributed by atoms with E-state index in [0.717, 1.165) is 15.6 Å². The molecule has 26 heavy (non-hydrogen) atoms. The molecule has 0 fully saturated rings. The fourth-order valence-corrected chi connectivity index (χ4v) is 3.10. The number of non-ortho nitro benzene ring substituents is 1. The lowest BCUT2D eigenvalue weighted by Crippen LogP contribution is -2.07. The normalized spacial score (nSPS) is 10.8. The summed E-state index contributed by atoms with van der Waals surface area (Å²) in [6, 6.07) is 13.7. The zero-order valence-corrected chi connectivity index (χ0v) is 15.7. The largest absolute Gasteiger partial charge is 0.298 e. The van der Waals surface area contributed by atoms with E-state index in [1.54, 1.807) is 23.6 Å². The molecule has 1 N–H and O–H groups in total. The van der Waals surface area contributed by atoms with E-state index in [1.807, 2.05) is 24.3 Å². The van der Waals surface area contributed by atoms with Gasteiger partial charge < -0.3 is 0 Å². The summed E-state index contributed by atoms with van der Waals surface area (Å²) in [6.07, 6.45) is 3.16. The number of nitrogens with zero attached hydrogens (tertiary/aromatic N) is 2. The van der Waals surface area contributed by atoms with Gasteiger partial charge in [-0.2, -0.15) is 0 Å². The van der Waals surface area contributed by atoms with Crippen LogP contribution in [0.3, 0.4) is 0 Å². The molecule has 8 heteroatoms. The van der Waals surface area contributed by atoms with Crippen LogP contribution in [0.4, 0.5) is 10.8 Å². The lowest BCUT2D eigenvalue weighted by Gasteiger charge is -1.98. The topological polar surface area (TPSA) is 85.1 Å². The van der Waals surface area contributed by atoms with E-state index in [4.69, 9.17) is 0 Å². The summed E-state index contributed by atoms with van der Waals surface area (Å²) in [6.45, 7) is 0. The maximum Gasteiger partial charge on any atom is 0.269 e. The molecular formula is C18H12BrN3O3S. The second-order valence-electron chi connectivity index (χ2n) is 5.22. The summed E-state index contributed by atoms with van der Waals surface area (Å²) in [7, 11) is 0. The van der Waals surface area contributed by atoms with E-state index in [-0.39, 0.29) is 11.6 Å². The van der Waals surface area contributed by atoms with Gasteiger partial charge in [0.2, 0.25) is 5.91 Å². The van der Waals surface area contributed by atoms with E-state index in [2.05, 4.69) is 26.2 Å². The maximum atomic E-state index is 12.0. The zero-order valence-electron chi connectivity index (χ0n) is 13.3. The molecule has 0 aliphatic carbocycles. The standard InChI is InChI=1S/C18H12BrN3O3S/c19-14-6-1-12(2-7-14)3-10-17(23)21-18-20-16(11-26-18)13-4-8-15(9-5-13)22(24)25/h1-11H,(H,20,21,23). The van der Waals surface area contributed by atoms with Crippen molar-refractivity contribution in [3.05, 3.63) is 80.1 Å². The summed E-state index contributed by atoms with van der Waals surface area (Å²) < 4.78 is 0.973. The lowest BCUT2D eigenvalue weighted by atomic mass is 10.1. The Morgan fingerprint density at radius 3 is 2.50 bits per heavy atom. The fraction of sp³-hybridized carbons (Fsp3) is 0. The van der Waals surface area contributed by atoms with Crippen molar-refractivity contribution in [1.82, 2.24) is 4.98 Å². The second kappa shape index (κ2) is 8.03. The number of anilines is 1. The van der Waals surface area contributed by atoms with E-state index < -0.39 is 4.92 Å². The van der Waals surface area contributed by atoms with E-state index in [9.17, 15) is 14.9 Å². The van der Waals surface area contributed by atoms with Crippen molar-refractivity contribution < 1.29 is 9.72 Å². The molecule has 0 aliphatic rings. The van der Waals surface area contributed by atoms with Gasteiger partial charge in [0, 0.05) is 33.6 Å². The molecule has 1 heterocycles. The Morgan fingerprint density at radius 2 is 1.85 bits per heavy atom. The highest BCUT2D eigenvalue weighted by Gasteiger charge is 2.09. The molecule has 3 rings (SSSR count). The number of nitro groups is 1. The van der Waals surface area contributed by atoms with Crippen molar-refractivity contribution in [3.8, 4) is 11.3 Å². The third-order valence-corrected chi connectivity index (χ3v) is 4.69. The van der Waals surface area contributed by atoms with Gasteiger partial charge in [-0.3, -0.25) is 20.2 Å². The van der Waals surface area contributed by atoms with Crippen LogP contribution in [0.5, 0.6) is 0 Å². The Kier molecular flexibility index (Phi) is 5.55. The zero-order chi connectivity index (χ0) is 18.5. The average molecular weight is 430 g/mol. The molecule has 0 saturated carbocycles. The van der Waals surface area contributed by atoms with Crippen molar-refractivity contribution in [3.63, 3.8) is 0 Å². The molecule has 0 spiro atoms. The van der Waals surface area contributed by atoms with Gasteiger partial charge in [-0.15, -0.1) is 11.3 Å². The van der Waals surface area contributed by atoms with Gasteiger partial charge in [0.1, 0.15) is 0 Å². The summed E-state index contributed by atoms with van der Waals surface area (Å²) in [5, 5.41) is 15.6. The third kappa shape index (κ3) is 4.62. The minimum absolute atomic E-state index is 0.0237. The molecule has 0 saturated heterocycles. The highest BCUT2D eigenvalue weighted by atomic mass is 79.9. The maximum absolute atomic E-state index is 12.0. The molecule has 6 nitrogen and oxygen atoms in total.